The van der Waals surface area contributed by atoms with Crippen LogP contribution in [0.4, 0.5) is 0 Å². The van der Waals surface area contributed by atoms with Gasteiger partial charge in [-0.15, -0.1) is 0 Å². The van der Waals surface area contributed by atoms with E-state index in [2.05, 4.69) is 50.5 Å². The van der Waals surface area contributed by atoms with Crippen LogP contribution in [0.5, 0.6) is 0 Å². The van der Waals surface area contributed by atoms with E-state index >= 15 is 0 Å². The first-order chi connectivity index (χ1) is 12.3. The fourth-order valence-electron chi connectivity index (χ4n) is 4.34. The Labute approximate surface area is 149 Å². The lowest BCUT2D eigenvalue weighted by Crippen LogP contribution is -2.39. The molecule has 2 saturated carbocycles. The minimum Gasteiger partial charge on any atom is -0.313 e. The fraction of sp³-hybridized carbons (Fsp3) is 0.524. The summed E-state index contributed by atoms with van der Waals surface area (Å²) in [5.74, 6) is 0.732. The van der Waals surface area contributed by atoms with Gasteiger partial charge in [-0.3, -0.25) is 4.90 Å². The molecule has 0 saturated heterocycles. The quantitative estimate of drug-likeness (QED) is 0.882. The summed E-state index contributed by atoms with van der Waals surface area (Å²) in [5, 5.41) is 3.87. The molecule has 4 nitrogen and oxygen atoms in total. The summed E-state index contributed by atoms with van der Waals surface area (Å²) in [6.07, 6.45) is 8.80. The molecule has 1 aromatic carbocycles. The van der Waals surface area contributed by atoms with E-state index in [1.807, 2.05) is 6.20 Å². The molecule has 1 aromatic heterocycles. The Morgan fingerprint density at radius 1 is 1.20 bits per heavy atom. The zero-order valence-corrected chi connectivity index (χ0v) is 14.7. The van der Waals surface area contributed by atoms with Crippen molar-refractivity contribution >= 4 is 0 Å². The van der Waals surface area contributed by atoms with E-state index in [0.717, 1.165) is 25.4 Å². The van der Waals surface area contributed by atoms with E-state index < -0.39 is 0 Å². The molecule has 3 aliphatic rings. The number of nitrogens with zero attached hydrogens (tertiary/aromatic N) is 3. The van der Waals surface area contributed by atoms with Gasteiger partial charge >= 0.3 is 0 Å². The predicted molar refractivity (Wildman–Crippen MR) is 98.3 cm³/mol. The van der Waals surface area contributed by atoms with Crippen LogP contribution < -0.4 is 5.32 Å². The van der Waals surface area contributed by atoms with Gasteiger partial charge in [-0.1, -0.05) is 30.3 Å². The summed E-state index contributed by atoms with van der Waals surface area (Å²) in [4.78, 5) is 11.2. The van der Waals surface area contributed by atoms with Crippen LogP contribution in [-0.2, 0) is 13.0 Å². The fourth-order valence-corrected chi connectivity index (χ4v) is 4.34. The van der Waals surface area contributed by atoms with Crippen molar-refractivity contribution in [2.24, 2.45) is 5.41 Å². The molecule has 2 atom stereocenters. The van der Waals surface area contributed by atoms with Gasteiger partial charge in [0.05, 0.1) is 0 Å². The first kappa shape index (κ1) is 15.5. The molecule has 5 rings (SSSR count). The Morgan fingerprint density at radius 2 is 2.08 bits per heavy atom. The van der Waals surface area contributed by atoms with E-state index in [-0.39, 0.29) is 0 Å². The Morgan fingerprint density at radius 3 is 2.92 bits per heavy atom. The molecule has 130 valence electrons. The number of nitrogens with one attached hydrogen (secondary N) is 1. The molecule has 0 unspecified atom stereocenters. The first-order valence-corrected chi connectivity index (χ1v) is 9.60. The SMILES string of the molecule is c1ccc([C@H]2C[C@@H]2NCC2(CN3CCc4ncncc4C3)CC2)cc1. The topological polar surface area (TPSA) is 41.0 Å². The number of aromatic nitrogens is 2. The van der Waals surface area contributed by atoms with Gasteiger partial charge in [0.25, 0.3) is 0 Å². The second-order valence-corrected chi connectivity index (χ2v) is 8.20. The van der Waals surface area contributed by atoms with Crippen molar-refractivity contribution in [3.8, 4) is 0 Å². The molecule has 0 spiro atoms. The molecular formula is C21H26N4. The molecule has 0 radical (unpaired) electrons. The van der Waals surface area contributed by atoms with Crippen molar-refractivity contribution in [2.45, 2.75) is 44.2 Å². The van der Waals surface area contributed by atoms with Crippen molar-refractivity contribution in [3.05, 3.63) is 59.7 Å². The highest BCUT2D eigenvalue weighted by molar-refractivity contribution is 5.27. The van der Waals surface area contributed by atoms with Crippen LogP contribution in [-0.4, -0.2) is 40.5 Å². The number of hydrogen-bond acceptors (Lipinski definition) is 4. The Bertz CT molecular complexity index is 741. The number of hydrogen-bond donors (Lipinski definition) is 1. The third kappa shape index (κ3) is 3.33. The summed E-state index contributed by atoms with van der Waals surface area (Å²) < 4.78 is 0. The molecule has 0 amide bonds. The molecule has 0 bridgehead atoms. The number of fused-ring (bicyclic) bond motifs is 1. The van der Waals surface area contributed by atoms with E-state index in [0.29, 0.717) is 11.5 Å². The van der Waals surface area contributed by atoms with Crippen LogP contribution >= 0.6 is 0 Å². The van der Waals surface area contributed by atoms with Gasteiger partial charge in [-0.05, 0) is 30.2 Å². The summed E-state index contributed by atoms with van der Waals surface area (Å²) in [7, 11) is 0. The monoisotopic (exact) mass is 334 g/mol. The van der Waals surface area contributed by atoms with Crippen LogP contribution in [0.2, 0.25) is 0 Å². The Hall–Kier alpha value is -1.78. The zero-order chi connectivity index (χ0) is 16.7. The van der Waals surface area contributed by atoms with Crippen molar-refractivity contribution in [1.82, 2.24) is 20.2 Å². The molecule has 2 aromatic rings. The molecule has 2 heterocycles. The number of benzene rings is 1. The van der Waals surface area contributed by atoms with E-state index in [4.69, 9.17) is 0 Å². The summed E-state index contributed by atoms with van der Waals surface area (Å²) in [5.41, 5.74) is 4.58. The van der Waals surface area contributed by atoms with E-state index in [1.165, 1.54) is 49.2 Å². The minimum absolute atomic E-state index is 0.511. The van der Waals surface area contributed by atoms with Crippen molar-refractivity contribution < 1.29 is 0 Å². The van der Waals surface area contributed by atoms with Gasteiger partial charge in [0, 0.05) is 62.0 Å². The van der Waals surface area contributed by atoms with E-state index in [1.54, 1.807) is 6.33 Å². The predicted octanol–water partition coefficient (Wildman–Crippen LogP) is 2.76. The summed E-state index contributed by atoms with van der Waals surface area (Å²) >= 11 is 0. The van der Waals surface area contributed by atoms with Crippen molar-refractivity contribution in [1.29, 1.82) is 0 Å². The van der Waals surface area contributed by atoms with Gasteiger partial charge in [-0.25, -0.2) is 9.97 Å². The van der Waals surface area contributed by atoms with Gasteiger partial charge in [0.1, 0.15) is 6.33 Å². The van der Waals surface area contributed by atoms with Gasteiger partial charge in [-0.2, -0.15) is 0 Å². The van der Waals surface area contributed by atoms with Crippen LogP contribution in [0, 0.1) is 5.41 Å². The second-order valence-electron chi connectivity index (χ2n) is 8.20. The normalized spacial score (nSPS) is 26.9. The van der Waals surface area contributed by atoms with Crippen LogP contribution in [0.15, 0.2) is 42.9 Å². The average Bonchev–Trinajstić information content (AvgIpc) is 3.57. The lowest BCUT2D eigenvalue weighted by molar-refractivity contribution is 0.197. The lowest BCUT2D eigenvalue weighted by Gasteiger charge is -2.31. The van der Waals surface area contributed by atoms with Gasteiger partial charge in [0.2, 0.25) is 0 Å². The number of rotatable bonds is 6. The maximum absolute atomic E-state index is 4.42. The molecule has 2 aliphatic carbocycles. The highest BCUT2D eigenvalue weighted by Crippen LogP contribution is 2.48. The lowest BCUT2D eigenvalue weighted by atomic mass is 10.0. The standard InChI is InChI=1S/C21H26N4/c1-2-4-16(5-3-1)18-10-20(18)23-13-21(7-8-21)14-25-9-6-19-17(12-25)11-22-15-24-19/h1-5,11,15,18,20,23H,6-10,12-14H2/t18-,20+/m1/s1. The second kappa shape index (κ2) is 6.19. The molecule has 2 fully saturated rings. The maximum Gasteiger partial charge on any atom is 0.115 e. The van der Waals surface area contributed by atoms with Crippen LogP contribution in [0.3, 0.4) is 0 Å². The third-order valence-corrected chi connectivity index (χ3v) is 6.21. The first-order valence-electron chi connectivity index (χ1n) is 9.60. The highest BCUT2D eigenvalue weighted by atomic mass is 15.2. The summed E-state index contributed by atoms with van der Waals surface area (Å²) in [6.45, 7) is 4.56. The Kier molecular flexibility index (Phi) is 3.83. The summed E-state index contributed by atoms with van der Waals surface area (Å²) in [6, 6.07) is 11.7. The highest BCUT2D eigenvalue weighted by Gasteiger charge is 2.46. The van der Waals surface area contributed by atoms with E-state index in [9.17, 15) is 0 Å². The molecule has 4 heteroatoms. The van der Waals surface area contributed by atoms with Crippen molar-refractivity contribution in [3.63, 3.8) is 0 Å². The molecule has 1 aliphatic heterocycles. The smallest absolute Gasteiger partial charge is 0.115 e. The van der Waals surface area contributed by atoms with Gasteiger partial charge in [0.15, 0.2) is 0 Å². The molecule has 25 heavy (non-hydrogen) atoms. The van der Waals surface area contributed by atoms with Crippen LogP contribution in [0.25, 0.3) is 0 Å². The molecular weight excluding hydrogens is 308 g/mol. The largest absolute Gasteiger partial charge is 0.313 e. The van der Waals surface area contributed by atoms with Crippen LogP contribution in [0.1, 0.15) is 42.0 Å². The minimum atomic E-state index is 0.511. The average molecular weight is 334 g/mol. The molecule has 1 N–H and O–H groups in total. The zero-order valence-electron chi connectivity index (χ0n) is 14.7. The Balaban J connectivity index is 1.14. The maximum atomic E-state index is 4.42. The van der Waals surface area contributed by atoms with Gasteiger partial charge < -0.3 is 5.32 Å². The third-order valence-electron chi connectivity index (χ3n) is 6.21. The van der Waals surface area contributed by atoms with Crippen molar-refractivity contribution in [2.75, 3.05) is 19.6 Å².